The number of esters is 2. The molecule has 0 aliphatic rings. The molecule has 0 atom stereocenters. The van der Waals surface area contributed by atoms with Crippen molar-refractivity contribution in [3.05, 3.63) is 83.7 Å². The number of methoxy groups -OCH3 is 2. The SMILES string of the molecule is COC(=O)c1cccc(S(=O)(=O)Cl)n1.COC(=O)c1cccc(SCc2ccccc2)n1. The lowest BCUT2D eigenvalue weighted by molar-refractivity contribution is 0.0584. The highest BCUT2D eigenvalue weighted by atomic mass is 35.7. The normalized spacial score (nSPS) is 10.5. The van der Waals surface area contributed by atoms with Gasteiger partial charge in [-0.1, -0.05) is 42.5 Å². The van der Waals surface area contributed by atoms with Gasteiger partial charge in [0.2, 0.25) is 0 Å². The fourth-order valence-electron chi connectivity index (χ4n) is 2.21. The quantitative estimate of drug-likeness (QED) is 0.285. The summed E-state index contributed by atoms with van der Waals surface area (Å²) in [7, 11) is 3.65. The summed E-state index contributed by atoms with van der Waals surface area (Å²) in [6.45, 7) is 0. The molecule has 0 aliphatic heterocycles. The zero-order valence-corrected chi connectivity index (χ0v) is 19.5. The van der Waals surface area contributed by atoms with Crippen LogP contribution in [0.3, 0.4) is 0 Å². The van der Waals surface area contributed by atoms with Gasteiger partial charge >= 0.3 is 11.9 Å². The fourth-order valence-corrected chi connectivity index (χ4v) is 3.76. The molecule has 0 aliphatic carbocycles. The van der Waals surface area contributed by atoms with Crippen LogP contribution in [0.5, 0.6) is 0 Å². The lowest BCUT2D eigenvalue weighted by Crippen LogP contribution is -2.06. The number of thioether (sulfide) groups is 1. The fraction of sp³-hybridized carbons (Fsp3) is 0.143. The maximum atomic E-state index is 11.3. The molecule has 2 heterocycles. The third-order valence-corrected chi connectivity index (χ3v) is 5.92. The van der Waals surface area contributed by atoms with Crippen LogP contribution in [0.25, 0.3) is 0 Å². The first kappa shape index (κ1) is 25.3. The zero-order valence-electron chi connectivity index (χ0n) is 17.1. The van der Waals surface area contributed by atoms with Crippen LogP contribution >= 0.6 is 22.4 Å². The predicted molar refractivity (Wildman–Crippen MR) is 120 cm³/mol. The van der Waals surface area contributed by atoms with Crippen molar-refractivity contribution in [1.82, 2.24) is 9.97 Å². The van der Waals surface area contributed by atoms with Gasteiger partial charge in [0.1, 0.15) is 11.4 Å². The Morgan fingerprint density at radius 1 is 0.844 bits per heavy atom. The molecule has 168 valence electrons. The predicted octanol–water partition coefficient (Wildman–Crippen LogP) is 3.96. The second-order valence-electron chi connectivity index (χ2n) is 5.92. The number of pyridine rings is 2. The molecule has 0 radical (unpaired) electrons. The summed E-state index contributed by atoms with van der Waals surface area (Å²) >= 11 is 1.60. The van der Waals surface area contributed by atoms with E-state index in [4.69, 9.17) is 10.7 Å². The van der Waals surface area contributed by atoms with E-state index in [1.165, 1.54) is 38.0 Å². The summed E-state index contributed by atoms with van der Waals surface area (Å²) in [5, 5.41) is 0.448. The van der Waals surface area contributed by atoms with E-state index in [0.29, 0.717) is 5.69 Å². The number of carbonyl (C=O) groups excluding carboxylic acids is 2. The molecule has 0 saturated heterocycles. The van der Waals surface area contributed by atoms with Gasteiger partial charge in [-0.2, -0.15) is 0 Å². The number of nitrogens with zero attached hydrogens (tertiary/aromatic N) is 2. The topological polar surface area (TPSA) is 113 Å². The van der Waals surface area contributed by atoms with E-state index in [2.05, 4.69) is 31.6 Å². The summed E-state index contributed by atoms with van der Waals surface area (Å²) in [6, 6.07) is 19.4. The second-order valence-corrected chi connectivity index (χ2v) is 9.43. The van der Waals surface area contributed by atoms with Crippen molar-refractivity contribution in [2.24, 2.45) is 0 Å². The van der Waals surface area contributed by atoms with Crippen LogP contribution in [0, 0.1) is 0 Å². The molecule has 8 nitrogen and oxygen atoms in total. The third kappa shape index (κ3) is 7.95. The van der Waals surface area contributed by atoms with E-state index in [9.17, 15) is 18.0 Å². The van der Waals surface area contributed by atoms with Gasteiger partial charge in [0.15, 0.2) is 5.03 Å². The van der Waals surface area contributed by atoms with Crippen LogP contribution in [-0.4, -0.2) is 44.5 Å². The minimum absolute atomic E-state index is 0.103. The highest BCUT2D eigenvalue weighted by Gasteiger charge is 2.15. The van der Waals surface area contributed by atoms with E-state index in [0.717, 1.165) is 10.8 Å². The molecule has 0 fully saturated rings. The number of ether oxygens (including phenoxy) is 2. The highest BCUT2D eigenvalue weighted by Crippen LogP contribution is 2.21. The molecule has 32 heavy (non-hydrogen) atoms. The van der Waals surface area contributed by atoms with Gasteiger partial charge in [-0.15, -0.1) is 11.8 Å². The molecule has 0 bridgehead atoms. The van der Waals surface area contributed by atoms with Crippen molar-refractivity contribution in [3.63, 3.8) is 0 Å². The highest BCUT2D eigenvalue weighted by molar-refractivity contribution is 8.13. The molecule has 11 heteroatoms. The molecule has 0 amide bonds. The smallest absolute Gasteiger partial charge is 0.356 e. The summed E-state index contributed by atoms with van der Waals surface area (Å²) < 4.78 is 30.7. The average Bonchev–Trinajstić information content (AvgIpc) is 2.82. The molecule has 2 aromatic heterocycles. The summed E-state index contributed by atoms with van der Waals surface area (Å²) in [6.07, 6.45) is 0. The molecule has 0 N–H and O–H groups in total. The van der Waals surface area contributed by atoms with Gasteiger partial charge in [0, 0.05) is 16.4 Å². The van der Waals surface area contributed by atoms with E-state index in [-0.39, 0.29) is 10.7 Å². The number of carbonyl (C=O) groups is 2. The number of benzene rings is 1. The number of aromatic nitrogens is 2. The Morgan fingerprint density at radius 3 is 1.97 bits per heavy atom. The van der Waals surface area contributed by atoms with Gasteiger partial charge in [0.05, 0.1) is 19.2 Å². The van der Waals surface area contributed by atoms with E-state index < -0.39 is 21.0 Å². The molecule has 1 aromatic carbocycles. The summed E-state index contributed by atoms with van der Waals surface area (Å²) in [5.74, 6) is -0.289. The number of hydrogen-bond acceptors (Lipinski definition) is 9. The van der Waals surface area contributed by atoms with Crippen molar-refractivity contribution in [3.8, 4) is 0 Å². The van der Waals surface area contributed by atoms with Gasteiger partial charge in [-0.05, 0) is 29.8 Å². The van der Waals surface area contributed by atoms with Gasteiger partial charge in [-0.25, -0.2) is 28.0 Å². The van der Waals surface area contributed by atoms with Gasteiger partial charge in [-0.3, -0.25) is 0 Å². The first-order chi connectivity index (χ1) is 15.2. The maximum absolute atomic E-state index is 11.3. The first-order valence-corrected chi connectivity index (χ1v) is 12.3. The largest absolute Gasteiger partial charge is 0.464 e. The molecule has 3 aromatic rings. The standard InChI is InChI=1S/C14H13NO2S.C7H6ClNO4S/c1-17-14(16)12-8-5-9-13(15-12)18-10-11-6-3-2-4-7-11;1-13-7(10)5-3-2-4-6(9-5)14(8,11)12/h2-9H,10H2,1H3;2-4H,1H3. The molecule has 0 spiro atoms. The van der Waals surface area contributed by atoms with Crippen molar-refractivity contribution >= 4 is 43.4 Å². The average molecular weight is 495 g/mol. The minimum Gasteiger partial charge on any atom is -0.464 e. The van der Waals surface area contributed by atoms with Crippen LogP contribution in [0.15, 0.2) is 76.8 Å². The van der Waals surface area contributed by atoms with Crippen LogP contribution in [0.2, 0.25) is 0 Å². The Labute approximate surface area is 194 Å². The monoisotopic (exact) mass is 494 g/mol. The van der Waals surface area contributed by atoms with Crippen LogP contribution in [0.4, 0.5) is 0 Å². The number of halogens is 1. The minimum atomic E-state index is -3.91. The Balaban J connectivity index is 0.000000235. The van der Waals surface area contributed by atoms with Crippen LogP contribution < -0.4 is 0 Å². The van der Waals surface area contributed by atoms with Crippen molar-refractivity contribution in [1.29, 1.82) is 0 Å². The number of rotatable bonds is 6. The van der Waals surface area contributed by atoms with Crippen molar-refractivity contribution in [2.45, 2.75) is 15.8 Å². The van der Waals surface area contributed by atoms with Crippen LogP contribution in [0.1, 0.15) is 26.5 Å². The number of hydrogen-bond donors (Lipinski definition) is 0. The van der Waals surface area contributed by atoms with E-state index >= 15 is 0 Å². The Kier molecular flexibility index (Phi) is 9.63. The summed E-state index contributed by atoms with van der Waals surface area (Å²) in [4.78, 5) is 30.1. The van der Waals surface area contributed by atoms with Gasteiger partial charge < -0.3 is 9.47 Å². The second kappa shape index (κ2) is 12.2. The lowest BCUT2D eigenvalue weighted by atomic mass is 10.2. The first-order valence-electron chi connectivity index (χ1n) is 8.96. The molecular weight excluding hydrogens is 476 g/mol. The molecule has 3 rings (SSSR count). The molecular formula is C21H19ClN2O6S2. The zero-order chi connectivity index (χ0) is 23.6. The maximum Gasteiger partial charge on any atom is 0.356 e. The van der Waals surface area contributed by atoms with E-state index in [1.54, 1.807) is 17.8 Å². The Bertz CT molecular complexity index is 1170. The van der Waals surface area contributed by atoms with Crippen molar-refractivity contribution in [2.75, 3.05) is 14.2 Å². The van der Waals surface area contributed by atoms with E-state index in [1.807, 2.05) is 30.3 Å². The van der Waals surface area contributed by atoms with Crippen molar-refractivity contribution < 1.29 is 27.5 Å². The third-order valence-electron chi connectivity index (χ3n) is 3.72. The lowest BCUT2D eigenvalue weighted by Gasteiger charge is -2.03. The Morgan fingerprint density at radius 2 is 1.41 bits per heavy atom. The molecule has 0 saturated carbocycles. The Hall–Kier alpha value is -2.95. The molecule has 0 unspecified atom stereocenters. The van der Waals surface area contributed by atoms with Gasteiger partial charge in [0.25, 0.3) is 9.05 Å². The summed E-state index contributed by atoms with van der Waals surface area (Å²) in [5.41, 5.74) is 1.47. The van der Waals surface area contributed by atoms with Crippen LogP contribution in [-0.2, 0) is 24.3 Å².